The molecule has 0 saturated carbocycles. The van der Waals surface area contributed by atoms with E-state index in [1.165, 1.54) is 12.1 Å². The molecule has 0 unspecified atom stereocenters. The van der Waals surface area contributed by atoms with Gasteiger partial charge in [0.05, 0.1) is 17.6 Å². The lowest BCUT2D eigenvalue weighted by Crippen LogP contribution is -2.24. The Morgan fingerprint density at radius 1 is 1.20 bits per heavy atom. The molecule has 0 atom stereocenters. The zero-order chi connectivity index (χ0) is 22.3. The Morgan fingerprint density at radius 3 is 2.50 bits per heavy atom. The Bertz CT molecular complexity index is 1190. The Balaban J connectivity index is 2.12. The highest BCUT2D eigenvalue weighted by molar-refractivity contribution is 7.85. The van der Waals surface area contributed by atoms with Crippen molar-refractivity contribution in [3.05, 3.63) is 58.9 Å². The number of benzene rings is 2. The maximum atomic E-state index is 12.2. The van der Waals surface area contributed by atoms with E-state index in [1.54, 1.807) is 20.1 Å². The predicted molar refractivity (Wildman–Crippen MR) is 118 cm³/mol. The summed E-state index contributed by atoms with van der Waals surface area (Å²) in [5.41, 5.74) is 2.84. The summed E-state index contributed by atoms with van der Waals surface area (Å²) in [7, 11) is -2.72. The van der Waals surface area contributed by atoms with E-state index in [2.05, 4.69) is 19.2 Å². The van der Waals surface area contributed by atoms with Gasteiger partial charge in [0.15, 0.2) is 5.78 Å². The molecular weight excluding hydrogens is 402 g/mol. The molecule has 7 heteroatoms. The van der Waals surface area contributed by atoms with E-state index in [-0.39, 0.29) is 16.1 Å². The Kier molecular flexibility index (Phi) is 5.80. The van der Waals surface area contributed by atoms with Crippen molar-refractivity contribution in [2.75, 3.05) is 19.0 Å². The Morgan fingerprint density at radius 2 is 1.90 bits per heavy atom. The second-order valence-electron chi connectivity index (χ2n) is 8.07. The van der Waals surface area contributed by atoms with Crippen LogP contribution < -0.4 is 5.32 Å². The van der Waals surface area contributed by atoms with Gasteiger partial charge in [0.2, 0.25) is 0 Å². The molecule has 3 rings (SSSR count). The standard InChI is InChI=1S/C23H27NO5S/c1-6-24-19-10-7-15-13-16(30(26,27)28)8-9-17(15)20(19)23(3,4)12-11-18-21(25)14(2)22(18)29-5/h7-11,13,24H,6,12H2,1-5H3,(H,26,27,28)/b18-11+. The molecule has 2 aromatic carbocycles. The maximum Gasteiger partial charge on any atom is 0.294 e. The van der Waals surface area contributed by atoms with Crippen molar-refractivity contribution in [2.24, 2.45) is 0 Å². The monoisotopic (exact) mass is 429 g/mol. The van der Waals surface area contributed by atoms with Gasteiger partial charge in [-0.15, -0.1) is 0 Å². The molecule has 2 N–H and O–H groups in total. The summed E-state index contributed by atoms with van der Waals surface area (Å²) < 4.78 is 37.8. The fraction of sp³-hybridized carbons (Fsp3) is 0.348. The third-order valence-corrected chi connectivity index (χ3v) is 6.37. The van der Waals surface area contributed by atoms with Crippen LogP contribution in [-0.4, -0.2) is 32.4 Å². The van der Waals surface area contributed by atoms with Crippen LogP contribution in [0.15, 0.2) is 58.2 Å². The lowest BCUT2D eigenvalue weighted by atomic mass is 9.76. The summed E-state index contributed by atoms with van der Waals surface area (Å²) in [6, 6.07) is 8.37. The van der Waals surface area contributed by atoms with Crippen molar-refractivity contribution in [1.29, 1.82) is 0 Å². The number of anilines is 1. The number of carbonyl (C=O) groups excluding carboxylic acids is 1. The highest BCUT2D eigenvalue weighted by atomic mass is 32.2. The molecule has 0 aliphatic heterocycles. The Labute approximate surface area is 177 Å². The second kappa shape index (κ2) is 7.89. The topological polar surface area (TPSA) is 92.7 Å². The van der Waals surface area contributed by atoms with Crippen LogP contribution in [0.3, 0.4) is 0 Å². The average molecular weight is 430 g/mol. The molecule has 0 bridgehead atoms. The maximum absolute atomic E-state index is 12.2. The van der Waals surface area contributed by atoms with Crippen LogP contribution in [0.25, 0.3) is 10.8 Å². The number of hydrogen-bond donors (Lipinski definition) is 2. The molecule has 0 aromatic heterocycles. The number of hydrogen-bond acceptors (Lipinski definition) is 5. The molecule has 6 nitrogen and oxygen atoms in total. The summed E-state index contributed by atoms with van der Waals surface area (Å²) in [5, 5.41) is 4.99. The van der Waals surface area contributed by atoms with Gasteiger partial charge in [-0.2, -0.15) is 8.42 Å². The molecule has 160 valence electrons. The molecule has 1 aliphatic rings. The van der Waals surface area contributed by atoms with Crippen LogP contribution in [0, 0.1) is 0 Å². The van der Waals surface area contributed by atoms with Gasteiger partial charge in [0, 0.05) is 17.8 Å². The second-order valence-corrected chi connectivity index (χ2v) is 9.49. The van der Waals surface area contributed by atoms with E-state index in [4.69, 9.17) is 4.74 Å². The van der Waals surface area contributed by atoms with E-state index in [0.717, 1.165) is 28.6 Å². The van der Waals surface area contributed by atoms with E-state index in [1.807, 2.05) is 25.1 Å². The van der Waals surface area contributed by atoms with Gasteiger partial charge in [0.25, 0.3) is 10.1 Å². The first-order valence-electron chi connectivity index (χ1n) is 9.80. The Hall–Kier alpha value is -2.64. The van der Waals surface area contributed by atoms with Crippen molar-refractivity contribution >= 4 is 32.4 Å². The van der Waals surface area contributed by atoms with Gasteiger partial charge in [0.1, 0.15) is 5.76 Å². The summed E-state index contributed by atoms with van der Waals surface area (Å²) in [6.07, 6.45) is 2.50. The molecule has 0 amide bonds. The van der Waals surface area contributed by atoms with Gasteiger partial charge in [-0.1, -0.05) is 32.1 Å². The fourth-order valence-electron chi connectivity index (χ4n) is 3.99. The van der Waals surface area contributed by atoms with Crippen LogP contribution in [-0.2, 0) is 25.1 Å². The number of methoxy groups -OCH3 is 1. The number of nitrogens with one attached hydrogen (secondary N) is 1. The van der Waals surface area contributed by atoms with Gasteiger partial charge in [-0.3, -0.25) is 9.35 Å². The molecule has 0 spiro atoms. The molecule has 0 fully saturated rings. The van der Waals surface area contributed by atoms with E-state index in [9.17, 15) is 17.8 Å². The molecule has 30 heavy (non-hydrogen) atoms. The lowest BCUT2D eigenvalue weighted by molar-refractivity contribution is -0.114. The van der Waals surface area contributed by atoms with Crippen molar-refractivity contribution in [1.82, 2.24) is 0 Å². The van der Waals surface area contributed by atoms with E-state index < -0.39 is 10.1 Å². The van der Waals surface area contributed by atoms with Crippen LogP contribution in [0.1, 0.15) is 39.7 Å². The minimum Gasteiger partial charge on any atom is -0.496 e. The zero-order valence-electron chi connectivity index (χ0n) is 17.9. The van der Waals surface area contributed by atoms with Crippen molar-refractivity contribution in [3.63, 3.8) is 0 Å². The molecule has 0 saturated heterocycles. The normalized spacial score (nSPS) is 16.2. The lowest BCUT2D eigenvalue weighted by Gasteiger charge is -2.30. The van der Waals surface area contributed by atoms with E-state index >= 15 is 0 Å². The summed E-state index contributed by atoms with van der Waals surface area (Å²) in [5.74, 6) is 0.642. The van der Waals surface area contributed by atoms with Gasteiger partial charge in [-0.25, -0.2) is 0 Å². The minimum absolute atomic E-state index is 0.00488. The molecule has 2 aromatic rings. The summed E-state index contributed by atoms with van der Waals surface area (Å²) in [6.45, 7) is 8.67. The van der Waals surface area contributed by atoms with Gasteiger partial charge in [-0.05, 0) is 60.2 Å². The number of Topliss-reactive ketones (excluding diaryl/α,β-unsaturated/α-hetero) is 1. The minimum atomic E-state index is -4.28. The highest BCUT2D eigenvalue weighted by Gasteiger charge is 2.33. The molecule has 1 aliphatic carbocycles. The number of ketones is 1. The smallest absolute Gasteiger partial charge is 0.294 e. The largest absolute Gasteiger partial charge is 0.496 e. The SMILES string of the molecule is CCNc1ccc2cc(S(=O)(=O)O)ccc2c1C(C)(C)C/C=C1\C(=O)C(C)=C1OC. The summed E-state index contributed by atoms with van der Waals surface area (Å²) in [4.78, 5) is 12.1. The average Bonchev–Trinajstić information content (AvgIpc) is 2.69. The van der Waals surface area contributed by atoms with Gasteiger partial charge >= 0.3 is 0 Å². The summed E-state index contributed by atoms with van der Waals surface area (Å²) >= 11 is 0. The molecule has 0 heterocycles. The number of allylic oxidation sites excluding steroid dienone is 3. The first-order valence-corrected chi connectivity index (χ1v) is 11.2. The van der Waals surface area contributed by atoms with Crippen LogP contribution in [0.2, 0.25) is 0 Å². The van der Waals surface area contributed by atoms with Crippen molar-refractivity contribution in [3.8, 4) is 0 Å². The van der Waals surface area contributed by atoms with Crippen LogP contribution in [0.5, 0.6) is 0 Å². The van der Waals surface area contributed by atoms with E-state index in [0.29, 0.717) is 23.3 Å². The van der Waals surface area contributed by atoms with Crippen molar-refractivity contribution in [2.45, 2.75) is 44.4 Å². The van der Waals surface area contributed by atoms with Crippen LogP contribution >= 0.6 is 0 Å². The zero-order valence-corrected chi connectivity index (χ0v) is 18.7. The molecular formula is C23H27NO5S. The number of rotatable bonds is 7. The third-order valence-electron chi connectivity index (χ3n) is 5.52. The molecule has 0 radical (unpaired) electrons. The van der Waals surface area contributed by atoms with Crippen LogP contribution in [0.4, 0.5) is 5.69 Å². The third kappa shape index (κ3) is 3.87. The van der Waals surface area contributed by atoms with Gasteiger partial charge < -0.3 is 10.1 Å². The van der Waals surface area contributed by atoms with Crippen molar-refractivity contribution < 1.29 is 22.5 Å². The first kappa shape index (κ1) is 22.1. The number of fused-ring (bicyclic) bond motifs is 1. The first-order chi connectivity index (χ1) is 14.0. The highest BCUT2D eigenvalue weighted by Crippen LogP contribution is 2.41. The number of ether oxygens (including phenoxy) is 1. The number of carbonyl (C=O) groups is 1. The fourth-order valence-corrected chi connectivity index (χ4v) is 4.51. The quantitative estimate of drug-likeness (QED) is 0.493. The predicted octanol–water partition coefficient (Wildman–Crippen LogP) is 4.62.